The van der Waals surface area contributed by atoms with Crippen molar-refractivity contribution < 1.29 is 9.59 Å². The second kappa shape index (κ2) is 4.44. The highest BCUT2D eigenvalue weighted by Gasteiger charge is 2.42. The number of carbonyl (C=O) groups excluding carboxylic acids is 2. The molecule has 2 rings (SSSR count). The van der Waals surface area contributed by atoms with Gasteiger partial charge in [0.05, 0.1) is 0 Å². The molecular weight excluding hydrogens is 204 g/mol. The Morgan fingerprint density at radius 1 is 0.875 bits per heavy atom. The first-order chi connectivity index (χ1) is 7.65. The molecule has 2 fully saturated rings. The highest BCUT2D eigenvalue weighted by molar-refractivity contribution is 5.77. The quantitative estimate of drug-likeness (QED) is 0.693. The van der Waals surface area contributed by atoms with Crippen molar-refractivity contribution in [2.45, 2.75) is 26.7 Å². The fraction of sp³-hybridized carbons (Fsp3) is 0.833. The maximum atomic E-state index is 11.6. The molecule has 0 saturated carbocycles. The van der Waals surface area contributed by atoms with Gasteiger partial charge in [-0.05, 0) is 0 Å². The molecule has 0 radical (unpaired) electrons. The summed E-state index contributed by atoms with van der Waals surface area (Å²) >= 11 is 0. The molecule has 0 spiro atoms. The van der Waals surface area contributed by atoms with Crippen LogP contribution in [0.3, 0.4) is 0 Å². The minimum atomic E-state index is 0.253. The molecule has 2 aliphatic heterocycles. The van der Waals surface area contributed by atoms with E-state index in [1.165, 1.54) is 0 Å². The van der Waals surface area contributed by atoms with Crippen molar-refractivity contribution in [3.05, 3.63) is 0 Å². The third-order valence-electron chi connectivity index (χ3n) is 3.80. The molecule has 16 heavy (non-hydrogen) atoms. The minimum Gasteiger partial charge on any atom is -0.342 e. The van der Waals surface area contributed by atoms with E-state index in [0.717, 1.165) is 26.2 Å². The summed E-state index contributed by atoms with van der Waals surface area (Å²) in [5.41, 5.74) is 0. The van der Waals surface area contributed by atoms with E-state index in [1.807, 2.05) is 23.6 Å². The fourth-order valence-corrected chi connectivity index (χ4v) is 2.85. The predicted octanol–water partition coefficient (Wildman–Crippen LogP) is 0.723. The van der Waals surface area contributed by atoms with Crippen molar-refractivity contribution in [1.82, 2.24) is 9.80 Å². The molecular formula is C12H20N2O2. The van der Waals surface area contributed by atoms with E-state index in [0.29, 0.717) is 24.7 Å². The molecule has 0 aromatic carbocycles. The van der Waals surface area contributed by atoms with Crippen LogP contribution in [0.15, 0.2) is 0 Å². The van der Waals surface area contributed by atoms with Gasteiger partial charge in [-0.25, -0.2) is 0 Å². The summed E-state index contributed by atoms with van der Waals surface area (Å²) in [5, 5.41) is 0. The molecule has 0 aromatic rings. The maximum Gasteiger partial charge on any atom is 0.222 e. The molecule has 0 N–H and O–H groups in total. The van der Waals surface area contributed by atoms with Crippen molar-refractivity contribution in [3.8, 4) is 0 Å². The van der Waals surface area contributed by atoms with Crippen molar-refractivity contribution in [2.24, 2.45) is 11.8 Å². The van der Waals surface area contributed by atoms with Crippen molar-refractivity contribution in [2.75, 3.05) is 26.2 Å². The molecule has 0 atom stereocenters. The topological polar surface area (TPSA) is 40.6 Å². The third kappa shape index (κ3) is 1.93. The Bertz CT molecular complexity index is 261. The molecule has 2 heterocycles. The van der Waals surface area contributed by atoms with Crippen LogP contribution in [0.5, 0.6) is 0 Å². The fourth-order valence-electron chi connectivity index (χ4n) is 2.85. The zero-order chi connectivity index (χ0) is 11.7. The van der Waals surface area contributed by atoms with Gasteiger partial charge in [0.1, 0.15) is 0 Å². The van der Waals surface area contributed by atoms with E-state index in [9.17, 15) is 9.59 Å². The Labute approximate surface area is 96.6 Å². The smallest absolute Gasteiger partial charge is 0.222 e. The van der Waals surface area contributed by atoms with Gasteiger partial charge >= 0.3 is 0 Å². The normalized spacial score (nSPS) is 28.4. The number of amides is 2. The molecule has 0 bridgehead atoms. The summed E-state index contributed by atoms with van der Waals surface area (Å²) < 4.78 is 0. The average Bonchev–Trinajstić information content (AvgIpc) is 2.84. The van der Waals surface area contributed by atoms with E-state index < -0.39 is 0 Å². The second-order valence-corrected chi connectivity index (χ2v) is 4.82. The SMILES string of the molecule is CCC(=O)N1C[C@H]2CN(C(=O)CC)C[C@H]2C1. The lowest BCUT2D eigenvalue weighted by molar-refractivity contribution is -0.131. The summed E-state index contributed by atoms with van der Waals surface area (Å²) in [6, 6.07) is 0. The molecule has 0 unspecified atom stereocenters. The van der Waals surface area contributed by atoms with Crippen LogP contribution in [0.25, 0.3) is 0 Å². The Hall–Kier alpha value is -1.06. The van der Waals surface area contributed by atoms with E-state index in [2.05, 4.69) is 0 Å². The zero-order valence-corrected chi connectivity index (χ0v) is 10.1. The number of fused-ring (bicyclic) bond motifs is 1. The lowest BCUT2D eigenvalue weighted by Crippen LogP contribution is -2.35. The third-order valence-corrected chi connectivity index (χ3v) is 3.80. The summed E-state index contributed by atoms with van der Waals surface area (Å²) in [5.74, 6) is 1.54. The van der Waals surface area contributed by atoms with E-state index >= 15 is 0 Å². The minimum absolute atomic E-state index is 0.253. The van der Waals surface area contributed by atoms with Crippen LogP contribution in [0, 0.1) is 11.8 Å². The Morgan fingerprint density at radius 3 is 1.44 bits per heavy atom. The van der Waals surface area contributed by atoms with Crippen molar-refractivity contribution in [1.29, 1.82) is 0 Å². The van der Waals surface area contributed by atoms with Gasteiger partial charge in [-0.15, -0.1) is 0 Å². The van der Waals surface area contributed by atoms with Crippen LogP contribution in [-0.2, 0) is 9.59 Å². The van der Waals surface area contributed by atoms with Gasteiger partial charge in [0.15, 0.2) is 0 Å². The first-order valence-corrected chi connectivity index (χ1v) is 6.21. The predicted molar refractivity (Wildman–Crippen MR) is 60.7 cm³/mol. The van der Waals surface area contributed by atoms with Gasteiger partial charge in [0, 0.05) is 50.9 Å². The molecule has 4 nitrogen and oxygen atoms in total. The van der Waals surface area contributed by atoms with Gasteiger partial charge in [0.2, 0.25) is 11.8 Å². The van der Waals surface area contributed by atoms with E-state index in [-0.39, 0.29) is 11.8 Å². The molecule has 90 valence electrons. The molecule has 0 aromatic heterocycles. The highest BCUT2D eigenvalue weighted by Crippen LogP contribution is 2.31. The Balaban J connectivity index is 1.91. The molecule has 2 aliphatic rings. The summed E-state index contributed by atoms with van der Waals surface area (Å²) in [6.07, 6.45) is 1.19. The number of carbonyl (C=O) groups is 2. The van der Waals surface area contributed by atoms with Crippen LogP contribution in [-0.4, -0.2) is 47.8 Å². The number of nitrogens with zero attached hydrogens (tertiary/aromatic N) is 2. The lowest BCUT2D eigenvalue weighted by Gasteiger charge is -2.21. The standard InChI is InChI=1S/C12H20N2O2/c1-3-11(15)13-5-9-7-14(12(16)4-2)8-10(9)6-13/h9-10H,3-8H2,1-2H3/t9-,10+. The number of hydrogen-bond donors (Lipinski definition) is 0. The van der Waals surface area contributed by atoms with Crippen LogP contribution in [0.2, 0.25) is 0 Å². The van der Waals surface area contributed by atoms with Crippen molar-refractivity contribution >= 4 is 11.8 Å². The summed E-state index contributed by atoms with van der Waals surface area (Å²) in [4.78, 5) is 27.0. The summed E-state index contributed by atoms with van der Waals surface area (Å²) in [7, 11) is 0. The van der Waals surface area contributed by atoms with Crippen LogP contribution < -0.4 is 0 Å². The first kappa shape index (κ1) is 11.4. The number of rotatable bonds is 2. The molecule has 4 heteroatoms. The largest absolute Gasteiger partial charge is 0.342 e. The average molecular weight is 224 g/mol. The zero-order valence-electron chi connectivity index (χ0n) is 10.1. The van der Waals surface area contributed by atoms with Gasteiger partial charge in [0.25, 0.3) is 0 Å². The second-order valence-electron chi connectivity index (χ2n) is 4.82. The maximum absolute atomic E-state index is 11.6. The molecule has 0 aliphatic carbocycles. The summed E-state index contributed by atoms with van der Waals surface area (Å²) in [6.45, 7) is 7.22. The van der Waals surface area contributed by atoms with Gasteiger partial charge < -0.3 is 9.80 Å². The number of likely N-dealkylation sites (tertiary alicyclic amines) is 2. The van der Waals surface area contributed by atoms with Gasteiger partial charge in [-0.1, -0.05) is 13.8 Å². The molecule has 2 amide bonds. The van der Waals surface area contributed by atoms with Crippen molar-refractivity contribution in [3.63, 3.8) is 0 Å². The lowest BCUT2D eigenvalue weighted by atomic mass is 10.0. The monoisotopic (exact) mass is 224 g/mol. The Morgan fingerprint density at radius 2 is 1.19 bits per heavy atom. The molecule has 2 saturated heterocycles. The van der Waals surface area contributed by atoms with E-state index in [4.69, 9.17) is 0 Å². The van der Waals surface area contributed by atoms with Crippen LogP contribution in [0.4, 0.5) is 0 Å². The number of hydrogen-bond acceptors (Lipinski definition) is 2. The van der Waals surface area contributed by atoms with Crippen LogP contribution in [0.1, 0.15) is 26.7 Å². The first-order valence-electron chi connectivity index (χ1n) is 6.21. The van der Waals surface area contributed by atoms with Gasteiger partial charge in [-0.2, -0.15) is 0 Å². The highest BCUT2D eigenvalue weighted by atomic mass is 16.2. The Kier molecular flexibility index (Phi) is 3.17. The van der Waals surface area contributed by atoms with Gasteiger partial charge in [-0.3, -0.25) is 9.59 Å². The van der Waals surface area contributed by atoms with Crippen LogP contribution >= 0.6 is 0 Å². The van der Waals surface area contributed by atoms with E-state index in [1.54, 1.807) is 0 Å².